The van der Waals surface area contributed by atoms with Crippen LogP contribution < -0.4 is 0 Å². The number of rotatable bonds is 9. The second kappa shape index (κ2) is 9.70. The second-order valence-corrected chi connectivity index (χ2v) is 4.89. The van der Waals surface area contributed by atoms with Gasteiger partial charge in [0.25, 0.3) is 0 Å². The molecule has 0 heterocycles. The molecule has 4 heteroatoms. The van der Waals surface area contributed by atoms with Crippen LogP contribution in [-0.2, 0) is 9.09 Å². The van der Waals surface area contributed by atoms with Crippen LogP contribution in [0.5, 0.6) is 0 Å². The van der Waals surface area contributed by atoms with Gasteiger partial charge in [0.15, 0.2) is 0 Å². The topological polar surface area (TPSA) is 46.5 Å². The average molecular weight is 222 g/mol. The summed E-state index contributed by atoms with van der Waals surface area (Å²) >= 11 is 0. The van der Waals surface area contributed by atoms with E-state index in [0.717, 1.165) is 18.8 Å². The molecule has 0 spiro atoms. The molecule has 3 nitrogen and oxygen atoms in total. The standard InChI is InChI=1S/C10H23O3P/c1-10(2)8-6-4-3-5-7-9-13-14(11)12/h10,14H,3-9H2,1-2H3,(H,11,12). The zero-order valence-electron chi connectivity index (χ0n) is 9.29. The molecule has 0 aromatic carbocycles. The highest BCUT2D eigenvalue weighted by atomic mass is 31.1. The van der Waals surface area contributed by atoms with E-state index in [0.29, 0.717) is 6.61 Å². The lowest BCUT2D eigenvalue weighted by atomic mass is 10.0. The molecule has 0 aliphatic carbocycles. The van der Waals surface area contributed by atoms with E-state index in [2.05, 4.69) is 18.4 Å². The predicted octanol–water partition coefficient (Wildman–Crippen LogP) is 3.38. The minimum absolute atomic E-state index is 0.429. The van der Waals surface area contributed by atoms with Crippen molar-refractivity contribution in [1.82, 2.24) is 0 Å². The molecule has 0 aromatic heterocycles. The van der Waals surface area contributed by atoms with Crippen LogP contribution in [0.25, 0.3) is 0 Å². The van der Waals surface area contributed by atoms with E-state index < -0.39 is 8.25 Å². The lowest BCUT2D eigenvalue weighted by Crippen LogP contribution is -1.89. The Bertz CT molecular complexity index is 148. The molecular formula is C10H23O3P. The van der Waals surface area contributed by atoms with Crippen molar-refractivity contribution in [2.24, 2.45) is 5.92 Å². The first kappa shape index (κ1) is 14.2. The van der Waals surface area contributed by atoms with Crippen LogP contribution >= 0.6 is 8.25 Å². The molecule has 1 atom stereocenters. The van der Waals surface area contributed by atoms with Crippen LogP contribution in [0.3, 0.4) is 0 Å². The summed E-state index contributed by atoms with van der Waals surface area (Å²) in [5.41, 5.74) is 0. The van der Waals surface area contributed by atoms with Crippen LogP contribution in [0.1, 0.15) is 52.4 Å². The van der Waals surface area contributed by atoms with E-state index in [1.807, 2.05) is 0 Å². The van der Waals surface area contributed by atoms with Gasteiger partial charge in [-0.1, -0.05) is 46.0 Å². The van der Waals surface area contributed by atoms with E-state index in [4.69, 9.17) is 4.89 Å². The Labute approximate surface area is 87.8 Å². The maximum absolute atomic E-state index is 10.2. The van der Waals surface area contributed by atoms with E-state index in [1.54, 1.807) is 0 Å². The van der Waals surface area contributed by atoms with E-state index in [1.165, 1.54) is 25.7 Å². The summed E-state index contributed by atoms with van der Waals surface area (Å²) in [5.74, 6) is 0.804. The largest absolute Gasteiger partial charge is 0.326 e. The highest BCUT2D eigenvalue weighted by Gasteiger charge is 1.95. The molecule has 1 N–H and O–H groups in total. The van der Waals surface area contributed by atoms with Gasteiger partial charge in [0.1, 0.15) is 0 Å². The average Bonchev–Trinajstić information content (AvgIpc) is 2.08. The summed E-state index contributed by atoms with van der Waals surface area (Å²) in [4.78, 5) is 8.38. The second-order valence-electron chi connectivity index (χ2n) is 4.06. The van der Waals surface area contributed by atoms with Crippen LogP contribution in [0.15, 0.2) is 0 Å². The van der Waals surface area contributed by atoms with Crippen molar-refractivity contribution in [3.63, 3.8) is 0 Å². The van der Waals surface area contributed by atoms with E-state index in [9.17, 15) is 4.57 Å². The Hall–Kier alpha value is 0.150. The molecular weight excluding hydrogens is 199 g/mol. The lowest BCUT2D eigenvalue weighted by molar-refractivity contribution is 0.273. The maximum atomic E-state index is 10.2. The van der Waals surface area contributed by atoms with E-state index in [-0.39, 0.29) is 0 Å². The Balaban J connectivity index is 2.96. The minimum Gasteiger partial charge on any atom is -0.326 e. The number of unbranched alkanes of at least 4 members (excludes halogenated alkanes) is 4. The molecule has 0 aromatic rings. The number of hydrogen-bond donors (Lipinski definition) is 1. The van der Waals surface area contributed by atoms with Gasteiger partial charge in [-0.15, -0.1) is 0 Å². The van der Waals surface area contributed by atoms with Gasteiger partial charge in [0, 0.05) is 0 Å². The van der Waals surface area contributed by atoms with Gasteiger partial charge in [-0.2, -0.15) is 0 Å². The van der Waals surface area contributed by atoms with Crippen LogP contribution in [-0.4, -0.2) is 11.5 Å². The Morgan fingerprint density at radius 3 is 2.29 bits per heavy atom. The molecule has 14 heavy (non-hydrogen) atoms. The minimum atomic E-state index is -2.69. The van der Waals surface area contributed by atoms with Gasteiger partial charge in [-0.3, -0.25) is 4.57 Å². The van der Waals surface area contributed by atoms with Crippen molar-refractivity contribution in [3.05, 3.63) is 0 Å². The fourth-order valence-electron chi connectivity index (χ4n) is 1.34. The maximum Gasteiger partial charge on any atom is 0.316 e. The number of hydrogen-bond acceptors (Lipinski definition) is 2. The monoisotopic (exact) mass is 222 g/mol. The quantitative estimate of drug-likeness (QED) is 0.480. The summed E-state index contributed by atoms with van der Waals surface area (Å²) in [7, 11) is -2.69. The van der Waals surface area contributed by atoms with Gasteiger partial charge >= 0.3 is 8.25 Å². The summed E-state index contributed by atoms with van der Waals surface area (Å²) in [6, 6.07) is 0. The van der Waals surface area contributed by atoms with Gasteiger partial charge in [-0.25, -0.2) is 0 Å². The molecule has 0 saturated heterocycles. The normalized spacial score (nSPS) is 13.4. The first-order valence-electron chi connectivity index (χ1n) is 5.48. The van der Waals surface area contributed by atoms with Crippen molar-refractivity contribution in [2.45, 2.75) is 52.4 Å². The Morgan fingerprint density at radius 1 is 1.14 bits per heavy atom. The van der Waals surface area contributed by atoms with Crippen molar-refractivity contribution in [2.75, 3.05) is 6.61 Å². The van der Waals surface area contributed by atoms with Crippen molar-refractivity contribution in [3.8, 4) is 0 Å². The summed E-state index contributed by atoms with van der Waals surface area (Å²) in [5, 5.41) is 0. The first-order valence-corrected chi connectivity index (χ1v) is 6.75. The fourth-order valence-corrected chi connectivity index (χ4v) is 1.66. The van der Waals surface area contributed by atoms with Crippen LogP contribution in [0, 0.1) is 5.92 Å². The van der Waals surface area contributed by atoms with Gasteiger partial charge in [0.2, 0.25) is 0 Å². The third-order valence-corrected chi connectivity index (χ3v) is 2.60. The summed E-state index contributed by atoms with van der Waals surface area (Å²) in [6.45, 7) is 4.91. The fraction of sp³-hybridized carbons (Fsp3) is 1.00. The molecule has 86 valence electrons. The summed E-state index contributed by atoms with van der Waals surface area (Å²) < 4.78 is 14.8. The molecule has 0 radical (unpaired) electrons. The smallest absolute Gasteiger partial charge is 0.316 e. The van der Waals surface area contributed by atoms with E-state index >= 15 is 0 Å². The highest BCUT2D eigenvalue weighted by molar-refractivity contribution is 7.32. The third kappa shape index (κ3) is 12.2. The van der Waals surface area contributed by atoms with Crippen molar-refractivity contribution in [1.29, 1.82) is 0 Å². The van der Waals surface area contributed by atoms with Crippen LogP contribution in [0.4, 0.5) is 0 Å². The van der Waals surface area contributed by atoms with Crippen LogP contribution in [0.2, 0.25) is 0 Å². The summed E-state index contributed by atoms with van der Waals surface area (Å²) in [6.07, 6.45) is 7.09. The molecule has 0 rings (SSSR count). The highest BCUT2D eigenvalue weighted by Crippen LogP contribution is 2.16. The van der Waals surface area contributed by atoms with Gasteiger partial charge in [0.05, 0.1) is 6.61 Å². The first-order chi connectivity index (χ1) is 6.63. The Morgan fingerprint density at radius 2 is 1.71 bits per heavy atom. The Kier molecular flexibility index (Phi) is 9.80. The molecule has 0 bridgehead atoms. The molecule has 0 saturated carbocycles. The van der Waals surface area contributed by atoms with Crippen molar-refractivity contribution >= 4 is 8.25 Å². The van der Waals surface area contributed by atoms with Gasteiger partial charge < -0.3 is 9.42 Å². The third-order valence-electron chi connectivity index (χ3n) is 2.15. The predicted molar refractivity (Wildman–Crippen MR) is 59.7 cm³/mol. The zero-order chi connectivity index (χ0) is 10.8. The van der Waals surface area contributed by atoms with Crippen molar-refractivity contribution < 1.29 is 14.0 Å². The zero-order valence-corrected chi connectivity index (χ0v) is 10.3. The molecule has 1 unspecified atom stereocenters. The molecule has 0 fully saturated rings. The lowest BCUT2D eigenvalue weighted by Gasteiger charge is -2.04. The molecule has 0 aliphatic heterocycles. The molecule has 0 amide bonds. The van der Waals surface area contributed by atoms with Gasteiger partial charge in [-0.05, 0) is 12.3 Å². The molecule has 0 aliphatic rings. The SMILES string of the molecule is CC(C)CCCCCCCO[PH](=O)O.